The average Bonchev–Trinajstić information content (AvgIpc) is 2.56. The Balaban J connectivity index is 1.79. The zero-order valence-electron chi connectivity index (χ0n) is 13.4. The number of benzene rings is 2. The molecule has 0 heterocycles. The SMILES string of the molecule is CN(CC(=O)NNC(=O)c1ccc(Cl)cc1)Cc1ccc(Cl)c(Cl)c1. The first-order valence-corrected chi connectivity index (χ1v) is 8.46. The van der Waals surface area contributed by atoms with Crippen LogP contribution in [0.2, 0.25) is 15.1 Å². The van der Waals surface area contributed by atoms with Crippen molar-refractivity contribution in [3.8, 4) is 0 Å². The number of hydrogen-bond acceptors (Lipinski definition) is 3. The third kappa shape index (κ3) is 6.21. The second-order valence-corrected chi connectivity index (χ2v) is 6.68. The van der Waals surface area contributed by atoms with Gasteiger partial charge in [-0.05, 0) is 49.0 Å². The van der Waals surface area contributed by atoms with E-state index in [0.717, 1.165) is 5.56 Å². The lowest BCUT2D eigenvalue weighted by Crippen LogP contribution is -2.45. The van der Waals surface area contributed by atoms with E-state index in [4.69, 9.17) is 34.8 Å². The number of hydrazine groups is 1. The van der Waals surface area contributed by atoms with Gasteiger partial charge in [-0.2, -0.15) is 0 Å². The van der Waals surface area contributed by atoms with Gasteiger partial charge in [0.25, 0.3) is 11.8 Å². The van der Waals surface area contributed by atoms with E-state index in [-0.39, 0.29) is 12.5 Å². The number of hydrogen-bond donors (Lipinski definition) is 2. The van der Waals surface area contributed by atoms with Crippen molar-refractivity contribution in [1.29, 1.82) is 0 Å². The zero-order valence-corrected chi connectivity index (χ0v) is 15.6. The summed E-state index contributed by atoms with van der Waals surface area (Å²) in [5.74, 6) is -0.762. The molecule has 0 spiro atoms. The van der Waals surface area contributed by atoms with E-state index in [1.165, 1.54) is 0 Å². The van der Waals surface area contributed by atoms with Crippen LogP contribution in [-0.2, 0) is 11.3 Å². The van der Waals surface area contributed by atoms with Gasteiger partial charge < -0.3 is 0 Å². The maximum absolute atomic E-state index is 11.9. The molecular formula is C17H16Cl3N3O2. The summed E-state index contributed by atoms with van der Waals surface area (Å²) in [5, 5.41) is 1.48. The monoisotopic (exact) mass is 399 g/mol. The van der Waals surface area contributed by atoms with E-state index in [2.05, 4.69) is 10.9 Å². The highest BCUT2D eigenvalue weighted by Gasteiger charge is 2.10. The van der Waals surface area contributed by atoms with E-state index in [1.54, 1.807) is 48.3 Å². The van der Waals surface area contributed by atoms with Gasteiger partial charge in [0.05, 0.1) is 16.6 Å². The molecule has 0 aliphatic carbocycles. The molecule has 0 saturated carbocycles. The molecule has 25 heavy (non-hydrogen) atoms. The van der Waals surface area contributed by atoms with E-state index in [9.17, 15) is 9.59 Å². The van der Waals surface area contributed by atoms with Crippen LogP contribution in [-0.4, -0.2) is 30.3 Å². The minimum Gasteiger partial charge on any atom is -0.293 e. The second-order valence-electron chi connectivity index (χ2n) is 5.43. The van der Waals surface area contributed by atoms with Crippen LogP contribution in [0.5, 0.6) is 0 Å². The van der Waals surface area contributed by atoms with Gasteiger partial charge in [-0.1, -0.05) is 40.9 Å². The van der Waals surface area contributed by atoms with Crippen LogP contribution < -0.4 is 10.9 Å². The Hall–Kier alpha value is -1.79. The Labute approximate surface area is 160 Å². The molecule has 2 aromatic carbocycles. The minimum atomic E-state index is -0.419. The van der Waals surface area contributed by atoms with Gasteiger partial charge in [0.1, 0.15) is 0 Å². The molecule has 132 valence electrons. The maximum Gasteiger partial charge on any atom is 0.269 e. The lowest BCUT2D eigenvalue weighted by Gasteiger charge is -2.17. The van der Waals surface area contributed by atoms with Crippen molar-refractivity contribution in [1.82, 2.24) is 15.8 Å². The van der Waals surface area contributed by atoms with Crippen LogP contribution in [0.4, 0.5) is 0 Å². The van der Waals surface area contributed by atoms with Gasteiger partial charge in [-0.15, -0.1) is 0 Å². The molecule has 5 nitrogen and oxygen atoms in total. The van der Waals surface area contributed by atoms with Gasteiger partial charge in [-0.25, -0.2) is 0 Å². The normalized spacial score (nSPS) is 10.6. The van der Waals surface area contributed by atoms with Crippen molar-refractivity contribution < 1.29 is 9.59 Å². The standard InChI is InChI=1S/C17H16Cl3N3O2/c1-23(9-11-2-7-14(19)15(20)8-11)10-16(24)21-22-17(25)12-3-5-13(18)6-4-12/h2-8H,9-10H2,1H3,(H,21,24)(H,22,25). The molecule has 2 aromatic rings. The van der Waals surface area contributed by atoms with Crippen molar-refractivity contribution in [2.45, 2.75) is 6.54 Å². The van der Waals surface area contributed by atoms with Gasteiger partial charge in [-0.3, -0.25) is 25.3 Å². The smallest absolute Gasteiger partial charge is 0.269 e. The van der Waals surface area contributed by atoms with Crippen LogP contribution in [0.25, 0.3) is 0 Å². The third-order valence-corrected chi connectivity index (χ3v) is 4.26. The van der Waals surface area contributed by atoms with Crippen LogP contribution in [0, 0.1) is 0 Å². The number of halogens is 3. The van der Waals surface area contributed by atoms with Crippen molar-refractivity contribution in [2.24, 2.45) is 0 Å². The number of carbonyl (C=O) groups excluding carboxylic acids is 2. The summed E-state index contributed by atoms with van der Waals surface area (Å²) in [6, 6.07) is 11.6. The molecule has 0 aromatic heterocycles. The van der Waals surface area contributed by atoms with E-state index >= 15 is 0 Å². The summed E-state index contributed by atoms with van der Waals surface area (Å²) in [7, 11) is 1.78. The van der Waals surface area contributed by atoms with Crippen molar-refractivity contribution in [3.63, 3.8) is 0 Å². The number of carbonyl (C=O) groups is 2. The molecule has 0 saturated heterocycles. The van der Waals surface area contributed by atoms with Crippen LogP contribution in [0.1, 0.15) is 15.9 Å². The molecular weight excluding hydrogens is 385 g/mol. The molecule has 0 aliphatic heterocycles. The molecule has 2 rings (SSSR count). The number of nitrogens with one attached hydrogen (secondary N) is 2. The summed E-state index contributed by atoms with van der Waals surface area (Å²) >= 11 is 17.6. The van der Waals surface area contributed by atoms with E-state index in [1.807, 2.05) is 6.07 Å². The highest BCUT2D eigenvalue weighted by molar-refractivity contribution is 6.42. The quantitative estimate of drug-likeness (QED) is 0.755. The Morgan fingerprint density at radius 1 is 0.960 bits per heavy atom. The Kier molecular flexibility index (Phi) is 7.08. The predicted molar refractivity (Wildman–Crippen MR) is 99.9 cm³/mol. The lowest BCUT2D eigenvalue weighted by atomic mass is 10.2. The molecule has 0 bridgehead atoms. The van der Waals surface area contributed by atoms with E-state index in [0.29, 0.717) is 27.2 Å². The van der Waals surface area contributed by atoms with Crippen LogP contribution in [0.15, 0.2) is 42.5 Å². The maximum atomic E-state index is 11.9. The number of likely N-dealkylation sites (N-methyl/N-ethyl adjacent to an activating group) is 1. The molecule has 2 N–H and O–H groups in total. The predicted octanol–water partition coefficient (Wildman–Crippen LogP) is 3.54. The zero-order chi connectivity index (χ0) is 18.4. The number of amides is 2. The highest BCUT2D eigenvalue weighted by atomic mass is 35.5. The first kappa shape index (κ1) is 19.5. The van der Waals surface area contributed by atoms with Crippen molar-refractivity contribution in [3.05, 3.63) is 68.7 Å². The van der Waals surface area contributed by atoms with Crippen LogP contribution in [0.3, 0.4) is 0 Å². The second kappa shape index (κ2) is 9.06. The summed E-state index contributed by atoms with van der Waals surface area (Å²) in [4.78, 5) is 25.6. The van der Waals surface area contributed by atoms with Crippen LogP contribution >= 0.6 is 34.8 Å². The molecule has 2 amide bonds. The fraction of sp³-hybridized carbons (Fsp3) is 0.176. The molecule has 0 aliphatic rings. The summed E-state index contributed by atoms with van der Waals surface area (Å²) in [6.45, 7) is 0.608. The number of rotatable bonds is 5. The first-order valence-electron chi connectivity index (χ1n) is 7.32. The van der Waals surface area contributed by atoms with Gasteiger partial charge in [0.15, 0.2) is 0 Å². The van der Waals surface area contributed by atoms with Gasteiger partial charge >= 0.3 is 0 Å². The minimum absolute atomic E-state index is 0.0984. The molecule has 0 unspecified atom stereocenters. The fourth-order valence-corrected chi connectivity index (χ4v) is 2.54. The molecule has 0 radical (unpaired) electrons. The van der Waals surface area contributed by atoms with Crippen molar-refractivity contribution >= 4 is 46.6 Å². The van der Waals surface area contributed by atoms with Crippen molar-refractivity contribution in [2.75, 3.05) is 13.6 Å². The largest absolute Gasteiger partial charge is 0.293 e. The summed E-state index contributed by atoms with van der Waals surface area (Å²) < 4.78 is 0. The van der Waals surface area contributed by atoms with Gasteiger partial charge in [0, 0.05) is 17.1 Å². The highest BCUT2D eigenvalue weighted by Crippen LogP contribution is 2.23. The summed E-state index contributed by atoms with van der Waals surface area (Å²) in [5.41, 5.74) is 6.05. The first-order chi connectivity index (χ1) is 11.8. The fourth-order valence-electron chi connectivity index (χ4n) is 2.09. The topological polar surface area (TPSA) is 61.4 Å². The Bertz CT molecular complexity index is 766. The lowest BCUT2D eigenvalue weighted by molar-refractivity contribution is -0.122. The molecule has 8 heteroatoms. The summed E-state index contributed by atoms with van der Waals surface area (Å²) in [6.07, 6.45) is 0. The molecule has 0 fully saturated rings. The molecule has 0 atom stereocenters. The Morgan fingerprint density at radius 3 is 2.28 bits per heavy atom. The Morgan fingerprint density at radius 2 is 1.64 bits per heavy atom. The third-order valence-electron chi connectivity index (χ3n) is 3.27. The average molecular weight is 401 g/mol. The number of nitrogens with zero attached hydrogens (tertiary/aromatic N) is 1. The van der Waals surface area contributed by atoms with E-state index < -0.39 is 5.91 Å². The van der Waals surface area contributed by atoms with Gasteiger partial charge in [0.2, 0.25) is 0 Å².